The summed E-state index contributed by atoms with van der Waals surface area (Å²) in [6, 6.07) is 7.68. The van der Waals surface area contributed by atoms with Gasteiger partial charge in [-0.05, 0) is 11.6 Å². The molecule has 0 saturated heterocycles. The van der Waals surface area contributed by atoms with E-state index >= 15 is 0 Å². The lowest BCUT2D eigenvalue weighted by atomic mass is 10.1. The average Bonchev–Trinajstić information content (AvgIpc) is 2.80. The van der Waals surface area contributed by atoms with E-state index in [9.17, 15) is 4.79 Å². The molecule has 5 nitrogen and oxygen atoms in total. The van der Waals surface area contributed by atoms with Crippen molar-refractivity contribution in [1.82, 2.24) is 15.0 Å². The van der Waals surface area contributed by atoms with Gasteiger partial charge >= 0.3 is 0 Å². The van der Waals surface area contributed by atoms with Crippen molar-refractivity contribution in [3.8, 4) is 0 Å². The van der Waals surface area contributed by atoms with Crippen molar-refractivity contribution in [2.75, 3.05) is 0 Å². The smallest absolute Gasteiger partial charge is 0.158 e. The van der Waals surface area contributed by atoms with Crippen LogP contribution in [0.2, 0.25) is 0 Å². The predicted molar refractivity (Wildman–Crippen MR) is 70.8 cm³/mol. The van der Waals surface area contributed by atoms with E-state index in [0.717, 1.165) is 10.0 Å². The molecule has 2 aromatic rings. The van der Waals surface area contributed by atoms with Crippen LogP contribution in [-0.4, -0.2) is 20.8 Å². The van der Waals surface area contributed by atoms with Crippen LogP contribution in [0.4, 0.5) is 0 Å². The fourth-order valence-corrected chi connectivity index (χ4v) is 2.03. The minimum atomic E-state index is 0.0790. The van der Waals surface area contributed by atoms with E-state index in [1.54, 1.807) is 6.20 Å². The van der Waals surface area contributed by atoms with Crippen LogP contribution >= 0.6 is 15.9 Å². The fraction of sp³-hybridized carbons (Fsp3) is 0.250. The van der Waals surface area contributed by atoms with Gasteiger partial charge in [-0.1, -0.05) is 39.3 Å². The molecule has 18 heavy (non-hydrogen) atoms. The van der Waals surface area contributed by atoms with Gasteiger partial charge < -0.3 is 5.73 Å². The van der Waals surface area contributed by atoms with Gasteiger partial charge in [0.25, 0.3) is 0 Å². The second-order valence-corrected chi connectivity index (χ2v) is 4.77. The van der Waals surface area contributed by atoms with E-state index in [4.69, 9.17) is 5.73 Å². The topological polar surface area (TPSA) is 73.8 Å². The number of aromatic nitrogens is 3. The van der Waals surface area contributed by atoms with Crippen molar-refractivity contribution in [1.29, 1.82) is 0 Å². The zero-order chi connectivity index (χ0) is 13.0. The highest BCUT2D eigenvalue weighted by Crippen LogP contribution is 2.16. The summed E-state index contributed by atoms with van der Waals surface area (Å²) in [5.74, 6) is 0.0790. The molecule has 0 radical (unpaired) electrons. The van der Waals surface area contributed by atoms with Gasteiger partial charge in [0.05, 0.1) is 11.9 Å². The van der Waals surface area contributed by atoms with Crippen molar-refractivity contribution in [2.24, 2.45) is 5.73 Å². The van der Waals surface area contributed by atoms with Crippen molar-refractivity contribution >= 4 is 21.7 Å². The standard InChI is InChI=1S/C12H13BrN4O/c13-12-4-2-1-3-9(12)5-11(18)8-17-7-10(6-14)15-16-17/h1-4,7H,5-6,8,14H2. The molecule has 0 aliphatic carbocycles. The van der Waals surface area contributed by atoms with E-state index in [2.05, 4.69) is 26.2 Å². The molecule has 0 spiro atoms. The van der Waals surface area contributed by atoms with Crippen molar-refractivity contribution < 1.29 is 4.79 Å². The number of hydrogen-bond acceptors (Lipinski definition) is 4. The number of carbonyl (C=O) groups excluding carboxylic acids is 1. The second-order valence-electron chi connectivity index (χ2n) is 3.92. The number of halogens is 1. The molecule has 0 atom stereocenters. The van der Waals surface area contributed by atoms with Gasteiger partial charge in [0.2, 0.25) is 0 Å². The number of nitrogens with two attached hydrogens (primary N) is 1. The SMILES string of the molecule is NCc1cn(CC(=O)Cc2ccccc2Br)nn1. The zero-order valence-corrected chi connectivity index (χ0v) is 11.3. The summed E-state index contributed by atoms with van der Waals surface area (Å²) in [6.07, 6.45) is 2.07. The molecule has 0 aliphatic rings. The van der Waals surface area contributed by atoms with Gasteiger partial charge in [0.1, 0.15) is 6.54 Å². The Kier molecular flexibility index (Phi) is 4.22. The summed E-state index contributed by atoms with van der Waals surface area (Å²) in [6.45, 7) is 0.548. The summed E-state index contributed by atoms with van der Waals surface area (Å²) in [5, 5.41) is 7.68. The van der Waals surface area contributed by atoms with Gasteiger partial charge in [0, 0.05) is 17.4 Å². The number of Topliss-reactive ketones (excluding diaryl/α,β-unsaturated/α-hetero) is 1. The van der Waals surface area contributed by atoms with Crippen LogP contribution in [0.25, 0.3) is 0 Å². The zero-order valence-electron chi connectivity index (χ0n) is 9.71. The van der Waals surface area contributed by atoms with Gasteiger partial charge in [0.15, 0.2) is 5.78 Å². The molecule has 0 saturated carbocycles. The van der Waals surface area contributed by atoms with Gasteiger partial charge in [-0.2, -0.15) is 0 Å². The van der Waals surface area contributed by atoms with E-state index in [-0.39, 0.29) is 12.3 Å². The largest absolute Gasteiger partial charge is 0.325 e. The van der Waals surface area contributed by atoms with Crippen molar-refractivity contribution in [3.05, 3.63) is 46.2 Å². The molecule has 0 bridgehead atoms. The fourth-order valence-electron chi connectivity index (χ4n) is 1.60. The number of benzene rings is 1. The first kappa shape index (κ1) is 12.9. The van der Waals surface area contributed by atoms with Crippen LogP contribution in [0.5, 0.6) is 0 Å². The molecular weight excluding hydrogens is 296 g/mol. The molecule has 2 N–H and O–H groups in total. The molecule has 2 rings (SSSR count). The Bertz CT molecular complexity index is 553. The third kappa shape index (κ3) is 3.24. The van der Waals surface area contributed by atoms with Crippen LogP contribution < -0.4 is 5.73 Å². The van der Waals surface area contributed by atoms with Crippen LogP contribution in [0.15, 0.2) is 34.9 Å². The lowest BCUT2D eigenvalue weighted by Gasteiger charge is -2.03. The molecule has 0 unspecified atom stereocenters. The van der Waals surface area contributed by atoms with Crippen LogP contribution in [0, 0.1) is 0 Å². The van der Waals surface area contributed by atoms with Gasteiger partial charge in [-0.25, -0.2) is 4.68 Å². The predicted octanol–water partition coefficient (Wildman–Crippen LogP) is 1.31. The normalized spacial score (nSPS) is 10.6. The Morgan fingerprint density at radius 2 is 2.17 bits per heavy atom. The minimum absolute atomic E-state index is 0.0790. The lowest BCUT2D eigenvalue weighted by Crippen LogP contribution is -2.13. The van der Waals surface area contributed by atoms with Gasteiger partial charge in [-0.15, -0.1) is 5.10 Å². The Morgan fingerprint density at radius 1 is 1.39 bits per heavy atom. The first-order chi connectivity index (χ1) is 8.69. The quantitative estimate of drug-likeness (QED) is 0.904. The van der Waals surface area contributed by atoms with E-state index in [0.29, 0.717) is 18.7 Å². The molecule has 0 aliphatic heterocycles. The van der Waals surface area contributed by atoms with Crippen molar-refractivity contribution in [2.45, 2.75) is 19.5 Å². The summed E-state index contributed by atoms with van der Waals surface area (Å²) >= 11 is 3.42. The maximum absolute atomic E-state index is 11.9. The highest BCUT2D eigenvalue weighted by atomic mass is 79.9. The molecular formula is C12H13BrN4O. The van der Waals surface area contributed by atoms with Crippen LogP contribution in [-0.2, 0) is 24.3 Å². The molecule has 94 valence electrons. The van der Waals surface area contributed by atoms with E-state index in [1.165, 1.54) is 4.68 Å². The maximum Gasteiger partial charge on any atom is 0.158 e. The maximum atomic E-state index is 11.9. The molecule has 6 heteroatoms. The second kappa shape index (κ2) is 5.88. The molecule has 1 heterocycles. The first-order valence-corrected chi connectivity index (χ1v) is 6.32. The highest BCUT2D eigenvalue weighted by molar-refractivity contribution is 9.10. The van der Waals surface area contributed by atoms with E-state index in [1.807, 2.05) is 24.3 Å². The number of nitrogens with zero attached hydrogens (tertiary/aromatic N) is 3. The average molecular weight is 309 g/mol. The Hall–Kier alpha value is -1.53. The summed E-state index contributed by atoms with van der Waals surface area (Å²) < 4.78 is 2.46. The van der Waals surface area contributed by atoms with E-state index < -0.39 is 0 Å². The third-order valence-corrected chi connectivity index (χ3v) is 3.25. The number of rotatable bonds is 5. The lowest BCUT2D eigenvalue weighted by molar-refractivity contribution is -0.119. The Labute approximate surface area is 113 Å². The highest BCUT2D eigenvalue weighted by Gasteiger charge is 2.08. The molecule has 0 amide bonds. The number of carbonyl (C=O) groups is 1. The monoisotopic (exact) mass is 308 g/mol. The first-order valence-electron chi connectivity index (χ1n) is 5.53. The number of ketones is 1. The Morgan fingerprint density at radius 3 is 2.83 bits per heavy atom. The third-order valence-electron chi connectivity index (χ3n) is 2.48. The summed E-state index contributed by atoms with van der Waals surface area (Å²) in [4.78, 5) is 11.9. The molecule has 1 aromatic heterocycles. The number of hydrogen-bond donors (Lipinski definition) is 1. The summed E-state index contributed by atoms with van der Waals surface area (Å²) in [5.41, 5.74) is 7.09. The van der Waals surface area contributed by atoms with Crippen molar-refractivity contribution in [3.63, 3.8) is 0 Å². The minimum Gasteiger partial charge on any atom is -0.325 e. The summed E-state index contributed by atoms with van der Waals surface area (Å²) in [7, 11) is 0. The van der Waals surface area contributed by atoms with Crippen LogP contribution in [0.1, 0.15) is 11.3 Å². The Balaban J connectivity index is 1.99. The van der Waals surface area contributed by atoms with Gasteiger partial charge in [-0.3, -0.25) is 4.79 Å². The molecule has 0 fully saturated rings. The molecule has 1 aromatic carbocycles. The van der Waals surface area contributed by atoms with Crippen LogP contribution in [0.3, 0.4) is 0 Å².